The van der Waals surface area contributed by atoms with E-state index in [0.717, 1.165) is 10.2 Å². The van der Waals surface area contributed by atoms with Crippen LogP contribution in [-0.4, -0.2) is 51.2 Å². The fraction of sp³-hybridized carbons (Fsp3) is 0.208. The summed E-state index contributed by atoms with van der Waals surface area (Å²) >= 11 is 2.69. The molecule has 34 heavy (non-hydrogen) atoms. The summed E-state index contributed by atoms with van der Waals surface area (Å²) in [7, 11) is 0. The second-order valence-electron chi connectivity index (χ2n) is 7.25. The Bertz CT molecular complexity index is 1240. The van der Waals surface area contributed by atoms with Gasteiger partial charge in [0.05, 0.1) is 22.4 Å². The largest absolute Gasteiger partial charge is 0.462 e. The van der Waals surface area contributed by atoms with Gasteiger partial charge in [0.1, 0.15) is 5.25 Å². The van der Waals surface area contributed by atoms with Crippen molar-refractivity contribution in [3.8, 4) is 0 Å². The highest BCUT2D eigenvalue weighted by Gasteiger charge is 2.38. The number of amides is 2. The SMILES string of the molecule is C=CCN1C(=O)C(CC(=O)Nc2ccc(C(=O)OCC)cc2)SC1=Nc1nc2ccccc2s1. The Morgan fingerprint density at radius 1 is 1.24 bits per heavy atom. The van der Waals surface area contributed by atoms with Crippen LogP contribution >= 0.6 is 23.1 Å². The molecule has 0 bridgehead atoms. The van der Waals surface area contributed by atoms with Crippen LogP contribution < -0.4 is 5.32 Å². The van der Waals surface area contributed by atoms with Crippen LogP contribution in [0.2, 0.25) is 0 Å². The van der Waals surface area contributed by atoms with Crippen LogP contribution in [-0.2, 0) is 14.3 Å². The molecule has 1 aromatic heterocycles. The zero-order chi connectivity index (χ0) is 24.1. The molecular weight excluding hydrogens is 472 g/mol. The lowest BCUT2D eigenvalue weighted by molar-refractivity contribution is -0.127. The van der Waals surface area contributed by atoms with Crippen molar-refractivity contribution in [2.24, 2.45) is 4.99 Å². The Hall–Kier alpha value is -3.50. The maximum Gasteiger partial charge on any atom is 0.338 e. The number of aromatic nitrogens is 1. The number of rotatable bonds is 8. The van der Waals surface area contributed by atoms with Crippen LogP contribution in [0.4, 0.5) is 10.8 Å². The lowest BCUT2D eigenvalue weighted by Crippen LogP contribution is -2.33. The monoisotopic (exact) mass is 494 g/mol. The van der Waals surface area contributed by atoms with E-state index in [0.29, 0.717) is 28.1 Å². The predicted molar refractivity (Wildman–Crippen MR) is 136 cm³/mol. The zero-order valence-electron chi connectivity index (χ0n) is 18.4. The van der Waals surface area contributed by atoms with E-state index in [1.165, 1.54) is 28.0 Å². The van der Waals surface area contributed by atoms with Crippen LogP contribution in [0.3, 0.4) is 0 Å². The summed E-state index contributed by atoms with van der Waals surface area (Å²) in [5.41, 5.74) is 1.78. The van der Waals surface area contributed by atoms with Gasteiger partial charge in [-0.25, -0.2) is 9.78 Å². The first-order valence-electron chi connectivity index (χ1n) is 10.6. The summed E-state index contributed by atoms with van der Waals surface area (Å²) in [5.74, 6) is -0.928. The van der Waals surface area contributed by atoms with Gasteiger partial charge in [-0.15, -0.1) is 6.58 Å². The van der Waals surface area contributed by atoms with Gasteiger partial charge in [0.2, 0.25) is 16.9 Å². The summed E-state index contributed by atoms with van der Waals surface area (Å²) in [5, 5.41) is 3.22. The van der Waals surface area contributed by atoms with Crippen molar-refractivity contribution in [2.75, 3.05) is 18.5 Å². The molecule has 10 heteroatoms. The van der Waals surface area contributed by atoms with E-state index in [1.54, 1.807) is 37.3 Å². The number of thiazole rings is 1. The number of fused-ring (bicyclic) bond motifs is 1. The Morgan fingerprint density at radius 2 is 2.00 bits per heavy atom. The lowest BCUT2D eigenvalue weighted by atomic mass is 10.2. The number of nitrogens with zero attached hydrogens (tertiary/aromatic N) is 3. The van der Waals surface area contributed by atoms with E-state index in [9.17, 15) is 14.4 Å². The highest BCUT2D eigenvalue weighted by molar-refractivity contribution is 8.15. The number of anilines is 1. The number of hydrogen-bond acceptors (Lipinski definition) is 8. The van der Waals surface area contributed by atoms with Crippen molar-refractivity contribution in [1.82, 2.24) is 9.88 Å². The second-order valence-corrected chi connectivity index (χ2v) is 9.43. The summed E-state index contributed by atoms with van der Waals surface area (Å²) in [4.78, 5) is 48.0. The fourth-order valence-electron chi connectivity index (χ4n) is 3.30. The molecule has 1 atom stereocenters. The van der Waals surface area contributed by atoms with Crippen LogP contribution in [0.1, 0.15) is 23.7 Å². The Morgan fingerprint density at radius 3 is 2.71 bits per heavy atom. The number of nitrogens with one attached hydrogen (secondary N) is 1. The van der Waals surface area contributed by atoms with E-state index in [1.807, 2.05) is 24.3 Å². The standard InChI is InChI=1S/C24H22N4O4S2/c1-3-13-28-21(30)19(34-24(28)27-23-26-17-7-5-6-8-18(17)33-23)14-20(29)25-16-11-9-15(10-12-16)22(31)32-4-2/h3,5-12,19H,1,4,13-14H2,2H3,(H,25,29). The predicted octanol–water partition coefficient (Wildman–Crippen LogP) is 4.62. The van der Waals surface area contributed by atoms with Crippen LogP contribution in [0, 0.1) is 0 Å². The third-order valence-electron chi connectivity index (χ3n) is 4.86. The second kappa shape index (κ2) is 10.6. The van der Waals surface area contributed by atoms with Crippen molar-refractivity contribution >= 4 is 67.1 Å². The van der Waals surface area contributed by atoms with Crippen LogP contribution in [0.5, 0.6) is 0 Å². The summed E-state index contributed by atoms with van der Waals surface area (Å²) < 4.78 is 5.97. The Balaban J connectivity index is 1.44. The molecule has 1 N–H and O–H groups in total. The van der Waals surface area contributed by atoms with Gasteiger partial charge in [0.25, 0.3) is 0 Å². The number of aliphatic imine (C=N–C) groups is 1. The average molecular weight is 495 g/mol. The fourth-order valence-corrected chi connectivity index (χ4v) is 5.34. The first-order chi connectivity index (χ1) is 16.5. The zero-order valence-corrected chi connectivity index (χ0v) is 20.0. The average Bonchev–Trinajstić information content (AvgIpc) is 3.36. The van der Waals surface area contributed by atoms with Crippen molar-refractivity contribution in [3.63, 3.8) is 0 Å². The first-order valence-corrected chi connectivity index (χ1v) is 12.3. The van der Waals surface area contributed by atoms with E-state index < -0.39 is 11.2 Å². The quantitative estimate of drug-likeness (QED) is 0.362. The molecular formula is C24H22N4O4S2. The molecule has 1 unspecified atom stereocenters. The first kappa shape index (κ1) is 23.7. The molecule has 2 aromatic carbocycles. The number of benzene rings is 2. The number of carbonyl (C=O) groups excluding carboxylic acids is 3. The summed E-state index contributed by atoms with van der Waals surface area (Å²) in [6.45, 7) is 6.04. The van der Waals surface area contributed by atoms with Gasteiger partial charge >= 0.3 is 5.97 Å². The molecule has 1 aliphatic heterocycles. The third-order valence-corrected chi connectivity index (χ3v) is 6.96. The van der Waals surface area contributed by atoms with Crippen molar-refractivity contribution in [2.45, 2.75) is 18.6 Å². The van der Waals surface area contributed by atoms with Crippen molar-refractivity contribution < 1.29 is 19.1 Å². The molecule has 174 valence electrons. The van der Waals surface area contributed by atoms with Crippen molar-refractivity contribution in [3.05, 3.63) is 66.7 Å². The Labute approximate surface area is 204 Å². The minimum Gasteiger partial charge on any atom is -0.462 e. The van der Waals surface area contributed by atoms with Crippen molar-refractivity contribution in [1.29, 1.82) is 0 Å². The van der Waals surface area contributed by atoms with Crippen LogP contribution in [0.15, 0.2) is 66.2 Å². The maximum atomic E-state index is 13.0. The Kier molecular flexibility index (Phi) is 7.39. The summed E-state index contributed by atoms with van der Waals surface area (Å²) in [6, 6.07) is 14.1. The van der Waals surface area contributed by atoms with E-state index in [2.05, 4.69) is 21.9 Å². The number of para-hydroxylation sites is 1. The molecule has 1 saturated heterocycles. The lowest BCUT2D eigenvalue weighted by Gasteiger charge is -2.13. The molecule has 0 radical (unpaired) electrons. The molecule has 2 heterocycles. The number of amidine groups is 1. The van der Waals surface area contributed by atoms with Gasteiger partial charge in [-0.1, -0.05) is 41.3 Å². The topological polar surface area (TPSA) is 101 Å². The number of hydrogen-bond donors (Lipinski definition) is 1. The smallest absolute Gasteiger partial charge is 0.338 e. The number of thioether (sulfide) groups is 1. The molecule has 0 saturated carbocycles. The minimum absolute atomic E-state index is 0.0182. The number of ether oxygens (including phenoxy) is 1. The van der Waals surface area contributed by atoms with Gasteiger partial charge in [-0.2, -0.15) is 4.99 Å². The van der Waals surface area contributed by atoms with Crippen LogP contribution in [0.25, 0.3) is 10.2 Å². The van der Waals surface area contributed by atoms with E-state index >= 15 is 0 Å². The molecule has 0 spiro atoms. The minimum atomic E-state index is -0.605. The van der Waals surface area contributed by atoms with Gasteiger partial charge < -0.3 is 10.1 Å². The van der Waals surface area contributed by atoms with E-state index in [4.69, 9.17) is 4.74 Å². The molecule has 8 nitrogen and oxygen atoms in total. The molecule has 3 aromatic rings. The van der Waals surface area contributed by atoms with Gasteiger partial charge in [0, 0.05) is 18.7 Å². The van der Waals surface area contributed by atoms with Gasteiger partial charge in [0.15, 0.2) is 5.17 Å². The maximum absolute atomic E-state index is 13.0. The molecule has 0 aliphatic carbocycles. The van der Waals surface area contributed by atoms with Gasteiger partial charge in [-0.3, -0.25) is 14.5 Å². The normalized spacial score (nSPS) is 16.7. The molecule has 1 fully saturated rings. The molecule has 1 aliphatic rings. The highest BCUT2D eigenvalue weighted by Crippen LogP contribution is 2.34. The van der Waals surface area contributed by atoms with E-state index in [-0.39, 0.29) is 24.8 Å². The highest BCUT2D eigenvalue weighted by atomic mass is 32.2. The summed E-state index contributed by atoms with van der Waals surface area (Å²) in [6.07, 6.45) is 1.61. The molecule has 2 amide bonds. The third kappa shape index (κ3) is 5.35. The number of carbonyl (C=O) groups is 3. The van der Waals surface area contributed by atoms with Gasteiger partial charge in [-0.05, 0) is 43.3 Å². The number of esters is 1. The molecule has 4 rings (SSSR count).